The molecule has 0 radical (unpaired) electrons. The SMILES string of the molecule is NCc1ccccc1C1(F)CCSC1. The van der Waals surface area contributed by atoms with Gasteiger partial charge in [0.25, 0.3) is 0 Å². The van der Waals surface area contributed by atoms with Crippen molar-refractivity contribution < 1.29 is 4.39 Å². The average molecular weight is 211 g/mol. The Balaban J connectivity index is 2.39. The van der Waals surface area contributed by atoms with Crippen molar-refractivity contribution in [3.05, 3.63) is 35.4 Å². The molecule has 76 valence electrons. The summed E-state index contributed by atoms with van der Waals surface area (Å²) in [5.74, 6) is 1.49. The molecule has 1 fully saturated rings. The quantitative estimate of drug-likeness (QED) is 0.813. The van der Waals surface area contributed by atoms with Crippen molar-refractivity contribution in [2.75, 3.05) is 11.5 Å². The summed E-state index contributed by atoms with van der Waals surface area (Å²) in [4.78, 5) is 0. The summed E-state index contributed by atoms with van der Waals surface area (Å²) in [6, 6.07) is 7.59. The van der Waals surface area contributed by atoms with Gasteiger partial charge < -0.3 is 5.73 Å². The number of halogens is 1. The maximum Gasteiger partial charge on any atom is 0.146 e. The van der Waals surface area contributed by atoms with E-state index in [2.05, 4.69) is 0 Å². The Labute approximate surface area is 87.9 Å². The molecule has 2 N–H and O–H groups in total. The predicted octanol–water partition coefficient (Wildman–Crippen LogP) is 2.45. The molecule has 1 aliphatic rings. The van der Waals surface area contributed by atoms with E-state index in [9.17, 15) is 4.39 Å². The largest absolute Gasteiger partial charge is 0.326 e. The van der Waals surface area contributed by atoms with Gasteiger partial charge >= 0.3 is 0 Å². The number of alkyl halides is 1. The van der Waals surface area contributed by atoms with E-state index in [-0.39, 0.29) is 0 Å². The molecule has 0 amide bonds. The van der Waals surface area contributed by atoms with Crippen LogP contribution in [-0.4, -0.2) is 11.5 Å². The first-order valence-electron chi connectivity index (χ1n) is 4.81. The summed E-state index contributed by atoms with van der Waals surface area (Å²) in [6.07, 6.45) is 0.620. The van der Waals surface area contributed by atoms with Crippen LogP contribution < -0.4 is 5.73 Å². The fourth-order valence-corrected chi connectivity index (χ4v) is 3.12. The Hall–Kier alpha value is -0.540. The van der Waals surface area contributed by atoms with E-state index >= 15 is 0 Å². The van der Waals surface area contributed by atoms with Crippen molar-refractivity contribution in [1.82, 2.24) is 0 Å². The molecule has 2 rings (SSSR count). The lowest BCUT2D eigenvalue weighted by Crippen LogP contribution is -2.21. The molecule has 1 aromatic carbocycles. The molecule has 14 heavy (non-hydrogen) atoms. The minimum absolute atomic E-state index is 0.423. The first kappa shape index (κ1) is 9.99. The summed E-state index contributed by atoms with van der Waals surface area (Å²) < 4.78 is 14.4. The second-order valence-electron chi connectivity index (χ2n) is 3.63. The van der Waals surface area contributed by atoms with E-state index in [1.54, 1.807) is 11.8 Å². The summed E-state index contributed by atoms with van der Waals surface area (Å²) >= 11 is 1.68. The molecule has 1 aromatic rings. The second kappa shape index (κ2) is 3.91. The lowest BCUT2D eigenvalue weighted by atomic mass is 9.91. The average Bonchev–Trinajstić information content (AvgIpc) is 2.66. The number of nitrogens with two attached hydrogens (primary N) is 1. The maximum atomic E-state index is 14.4. The Morgan fingerprint density at radius 1 is 1.43 bits per heavy atom. The van der Waals surface area contributed by atoms with E-state index < -0.39 is 5.67 Å². The molecule has 1 aliphatic heterocycles. The highest BCUT2D eigenvalue weighted by Gasteiger charge is 2.37. The minimum atomic E-state index is -1.14. The fourth-order valence-electron chi connectivity index (χ4n) is 1.89. The molecule has 1 atom stereocenters. The first-order chi connectivity index (χ1) is 6.76. The second-order valence-corrected chi connectivity index (χ2v) is 4.73. The van der Waals surface area contributed by atoms with Gasteiger partial charge in [-0.05, 0) is 23.3 Å². The van der Waals surface area contributed by atoms with Gasteiger partial charge in [-0.3, -0.25) is 0 Å². The van der Waals surface area contributed by atoms with E-state index in [4.69, 9.17) is 5.73 Å². The molecule has 0 saturated carbocycles. The Kier molecular flexibility index (Phi) is 2.79. The zero-order valence-corrected chi connectivity index (χ0v) is 8.82. The van der Waals surface area contributed by atoms with Crippen LogP contribution in [0.5, 0.6) is 0 Å². The van der Waals surface area contributed by atoms with Crippen molar-refractivity contribution in [1.29, 1.82) is 0 Å². The number of benzene rings is 1. The molecule has 0 bridgehead atoms. The molecule has 1 saturated heterocycles. The van der Waals surface area contributed by atoms with Gasteiger partial charge in [-0.25, -0.2) is 4.39 Å². The molecule has 1 nitrogen and oxygen atoms in total. The topological polar surface area (TPSA) is 26.0 Å². The van der Waals surface area contributed by atoms with Crippen molar-refractivity contribution >= 4 is 11.8 Å². The maximum absolute atomic E-state index is 14.4. The van der Waals surface area contributed by atoms with Crippen LogP contribution in [0.4, 0.5) is 4.39 Å². The smallest absolute Gasteiger partial charge is 0.146 e. The number of hydrogen-bond acceptors (Lipinski definition) is 2. The Bertz CT molecular complexity index is 321. The van der Waals surface area contributed by atoms with Gasteiger partial charge in [0, 0.05) is 12.3 Å². The highest BCUT2D eigenvalue weighted by atomic mass is 32.2. The van der Waals surface area contributed by atoms with Crippen LogP contribution >= 0.6 is 11.8 Å². The summed E-state index contributed by atoms with van der Waals surface area (Å²) in [5.41, 5.74) is 6.21. The minimum Gasteiger partial charge on any atom is -0.326 e. The van der Waals surface area contributed by atoms with Crippen molar-refractivity contribution in [3.8, 4) is 0 Å². The van der Waals surface area contributed by atoms with Gasteiger partial charge in [-0.15, -0.1) is 0 Å². The van der Waals surface area contributed by atoms with Gasteiger partial charge in [0.05, 0.1) is 0 Å². The van der Waals surface area contributed by atoms with E-state index in [1.807, 2.05) is 24.3 Å². The van der Waals surface area contributed by atoms with Crippen LogP contribution in [0.2, 0.25) is 0 Å². The van der Waals surface area contributed by atoms with E-state index in [1.165, 1.54) is 0 Å². The first-order valence-corrected chi connectivity index (χ1v) is 5.97. The molecular formula is C11H14FNS. The van der Waals surface area contributed by atoms with Gasteiger partial charge in [0.2, 0.25) is 0 Å². The fraction of sp³-hybridized carbons (Fsp3) is 0.455. The molecule has 0 aliphatic carbocycles. The molecule has 3 heteroatoms. The van der Waals surface area contributed by atoms with Crippen molar-refractivity contribution in [3.63, 3.8) is 0 Å². The normalized spacial score (nSPS) is 26.7. The third kappa shape index (κ3) is 1.66. The van der Waals surface area contributed by atoms with Gasteiger partial charge in [0.15, 0.2) is 0 Å². The van der Waals surface area contributed by atoms with Crippen molar-refractivity contribution in [2.45, 2.75) is 18.6 Å². The molecular weight excluding hydrogens is 197 g/mol. The van der Waals surface area contributed by atoms with Crippen LogP contribution in [-0.2, 0) is 12.2 Å². The molecule has 1 heterocycles. The van der Waals surface area contributed by atoms with Crippen LogP contribution in [0.15, 0.2) is 24.3 Å². The van der Waals surface area contributed by atoms with Crippen LogP contribution in [0, 0.1) is 0 Å². The summed E-state index contributed by atoms with van der Waals surface area (Å²) in [5, 5.41) is 0. The standard InChI is InChI=1S/C11H14FNS/c12-11(5-6-14-8-11)10-4-2-1-3-9(10)7-13/h1-4H,5-8,13H2. The van der Waals surface area contributed by atoms with Gasteiger partial charge in [-0.1, -0.05) is 24.3 Å². The molecule has 1 unspecified atom stereocenters. The predicted molar refractivity (Wildman–Crippen MR) is 59.1 cm³/mol. The Morgan fingerprint density at radius 2 is 2.21 bits per heavy atom. The molecule has 0 spiro atoms. The number of rotatable bonds is 2. The van der Waals surface area contributed by atoms with Crippen LogP contribution in [0.1, 0.15) is 17.5 Å². The van der Waals surface area contributed by atoms with E-state index in [0.29, 0.717) is 18.7 Å². The Morgan fingerprint density at radius 3 is 2.86 bits per heavy atom. The molecule has 0 aromatic heterocycles. The number of thioether (sulfide) groups is 1. The van der Waals surface area contributed by atoms with Gasteiger partial charge in [-0.2, -0.15) is 11.8 Å². The van der Waals surface area contributed by atoms with E-state index in [0.717, 1.165) is 16.9 Å². The zero-order chi connectivity index (χ0) is 10.0. The zero-order valence-electron chi connectivity index (χ0n) is 8.00. The lowest BCUT2D eigenvalue weighted by Gasteiger charge is -2.21. The highest BCUT2D eigenvalue weighted by molar-refractivity contribution is 7.99. The summed E-state index contributed by atoms with van der Waals surface area (Å²) in [6.45, 7) is 0.423. The lowest BCUT2D eigenvalue weighted by molar-refractivity contribution is 0.201. The number of hydrogen-bond donors (Lipinski definition) is 1. The highest BCUT2D eigenvalue weighted by Crippen LogP contribution is 2.41. The van der Waals surface area contributed by atoms with Crippen LogP contribution in [0.25, 0.3) is 0 Å². The van der Waals surface area contributed by atoms with Gasteiger partial charge in [0.1, 0.15) is 5.67 Å². The monoisotopic (exact) mass is 211 g/mol. The van der Waals surface area contributed by atoms with Crippen molar-refractivity contribution in [2.24, 2.45) is 5.73 Å². The van der Waals surface area contributed by atoms with Crippen LogP contribution in [0.3, 0.4) is 0 Å². The third-order valence-corrected chi connectivity index (χ3v) is 3.85. The summed E-state index contributed by atoms with van der Waals surface area (Å²) in [7, 11) is 0. The third-order valence-electron chi connectivity index (χ3n) is 2.69.